The van der Waals surface area contributed by atoms with E-state index >= 15 is 0 Å². The summed E-state index contributed by atoms with van der Waals surface area (Å²) in [6, 6.07) is 8.38. The molecule has 1 unspecified atom stereocenters. The highest BCUT2D eigenvalue weighted by molar-refractivity contribution is 7.57. The van der Waals surface area contributed by atoms with Crippen LogP contribution in [0.1, 0.15) is 51.5 Å². The Morgan fingerprint density at radius 1 is 0.912 bits per heavy atom. The number of fused-ring (bicyclic) bond motifs is 1. The quantitative estimate of drug-likeness (QED) is 0.267. The summed E-state index contributed by atoms with van der Waals surface area (Å²) in [5, 5.41) is 0. The summed E-state index contributed by atoms with van der Waals surface area (Å²) in [5.41, 5.74) is 2.42. The van der Waals surface area contributed by atoms with Crippen molar-refractivity contribution in [2.24, 2.45) is 29.6 Å². The van der Waals surface area contributed by atoms with Crippen molar-refractivity contribution >= 4 is 13.7 Å². The third kappa shape index (κ3) is 5.05. The first-order valence-electron chi connectivity index (χ1n) is 13.0. The van der Waals surface area contributed by atoms with Crippen molar-refractivity contribution in [3.63, 3.8) is 0 Å². The Balaban J connectivity index is 1.33. The molecule has 1 heterocycles. The van der Waals surface area contributed by atoms with E-state index in [9.17, 15) is 4.57 Å². The van der Waals surface area contributed by atoms with Crippen molar-refractivity contribution in [3.8, 4) is 5.75 Å². The summed E-state index contributed by atoms with van der Waals surface area (Å²) in [7, 11) is -3.16. The van der Waals surface area contributed by atoms with Crippen LogP contribution in [-0.4, -0.2) is 19.3 Å². The second-order valence-electron chi connectivity index (χ2n) is 10.2. The van der Waals surface area contributed by atoms with Gasteiger partial charge in [0, 0.05) is 17.3 Å². The van der Waals surface area contributed by atoms with Crippen molar-refractivity contribution in [2.45, 2.75) is 52.1 Å². The molecule has 4 bridgehead atoms. The fourth-order valence-electron chi connectivity index (χ4n) is 7.01. The highest BCUT2D eigenvalue weighted by Crippen LogP contribution is 2.59. The molecule has 1 aliphatic heterocycles. The molecule has 1 aromatic carbocycles. The molecular weight excluding hydrogens is 443 g/mol. The highest BCUT2D eigenvalue weighted by Gasteiger charge is 2.52. The SMILES string of the molecule is CCOP(=O)(C=CC=CC=CC1=Cc2ccccc2OC1C1C2CC3CC(C2)CC1C3)OCC. The summed E-state index contributed by atoms with van der Waals surface area (Å²) in [6.45, 7) is 4.34. The number of para-hydroxylation sites is 1. The predicted molar refractivity (Wildman–Crippen MR) is 138 cm³/mol. The monoisotopic (exact) mass is 480 g/mol. The Bertz CT molecular complexity index is 998. The standard InChI is InChI=1S/C29H37O4P/c1-3-31-34(30,32-4-2)14-10-6-5-7-12-24-20-23-11-8-9-13-27(23)33-29(24)28-25-16-21-15-22(18-25)19-26(28)17-21/h5-14,20-22,25-26,28-29H,3-4,15-19H2,1-2H3. The van der Waals surface area contributed by atoms with E-state index < -0.39 is 7.60 Å². The Hall–Kier alpha value is -1.87. The van der Waals surface area contributed by atoms with Gasteiger partial charge in [0.05, 0.1) is 13.2 Å². The lowest BCUT2D eigenvalue weighted by Gasteiger charge is -2.56. The van der Waals surface area contributed by atoms with E-state index in [1.807, 2.05) is 26.0 Å². The Labute approximate surface area is 204 Å². The first kappa shape index (κ1) is 23.9. The molecule has 6 rings (SSSR count). The normalized spacial score (nSPS) is 32.5. The minimum atomic E-state index is -3.16. The Morgan fingerprint density at radius 2 is 1.56 bits per heavy atom. The van der Waals surface area contributed by atoms with Gasteiger partial charge >= 0.3 is 7.60 Å². The molecule has 0 spiro atoms. The van der Waals surface area contributed by atoms with Crippen LogP contribution in [0.5, 0.6) is 5.75 Å². The van der Waals surface area contributed by atoms with Gasteiger partial charge in [-0.25, -0.2) is 0 Å². The van der Waals surface area contributed by atoms with Crippen LogP contribution in [-0.2, 0) is 13.6 Å². The van der Waals surface area contributed by atoms with Gasteiger partial charge in [0.1, 0.15) is 11.9 Å². The maximum atomic E-state index is 12.5. The molecule has 0 amide bonds. The predicted octanol–water partition coefficient (Wildman–Crippen LogP) is 7.80. The first-order chi connectivity index (χ1) is 16.6. The fraction of sp³-hybridized carbons (Fsp3) is 0.517. The van der Waals surface area contributed by atoms with E-state index in [-0.39, 0.29) is 6.10 Å². The summed E-state index contributed by atoms with van der Waals surface area (Å²) >= 11 is 0. The van der Waals surface area contributed by atoms with Gasteiger partial charge in [-0.15, -0.1) is 0 Å². The van der Waals surface area contributed by atoms with Gasteiger partial charge in [-0.2, -0.15) is 0 Å². The second kappa shape index (κ2) is 10.4. The zero-order chi connectivity index (χ0) is 23.5. The highest BCUT2D eigenvalue weighted by atomic mass is 31.2. The molecule has 4 nitrogen and oxygen atoms in total. The van der Waals surface area contributed by atoms with Gasteiger partial charge in [0.15, 0.2) is 0 Å². The van der Waals surface area contributed by atoms with Crippen LogP contribution in [0.4, 0.5) is 0 Å². The van der Waals surface area contributed by atoms with Gasteiger partial charge in [-0.1, -0.05) is 48.6 Å². The van der Waals surface area contributed by atoms with Crippen molar-refractivity contribution in [2.75, 3.05) is 13.2 Å². The summed E-state index contributed by atoms with van der Waals surface area (Å²) < 4.78 is 29.9. The van der Waals surface area contributed by atoms with E-state index in [4.69, 9.17) is 13.8 Å². The maximum absolute atomic E-state index is 12.5. The van der Waals surface area contributed by atoms with Gasteiger partial charge in [-0.3, -0.25) is 4.57 Å². The number of hydrogen-bond donors (Lipinski definition) is 0. The second-order valence-corrected chi connectivity index (χ2v) is 12.1. The van der Waals surface area contributed by atoms with Crippen LogP contribution in [0, 0.1) is 29.6 Å². The number of rotatable bonds is 9. The Kier molecular flexibility index (Phi) is 7.30. The lowest BCUT2D eigenvalue weighted by atomic mass is 9.50. The zero-order valence-electron chi connectivity index (χ0n) is 20.3. The third-order valence-corrected chi connectivity index (χ3v) is 9.76. The van der Waals surface area contributed by atoms with Crippen molar-refractivity contribution < 1.29 is 18.3 Å². The molecule has 4 saturated carbocycles. The smallest absolute Gasteiger partial charge is 0.354 e. The average Bonchev–Trinajstić information content (AvgIpc) is 2.81. The largest absolute Gasteiger partial charge is 0.485 e. The lowest BCUT2D eigenvalue weighted by Crippen LogP contribution is -2.51. The molecule has 5 aliphatic rings. The molecule has 0 saturated heterocycles. The van der Waals surface area contributed by atoms with Gasteiger partial charge in [-0.05, 0) is 87.3 Å². The molecule has 182 valence electrons. The van der Waals surface area contributed by atoms with Crippen LogP contribution in [0.2, 0.25) is 0 Å². The van der Waals surface area contributed by atoms with Gasteiger partial charge < -0.3 is 13.8 Å². The van der Waals surface area contributed by atoms with E-state index in [0.29, 0.717) is 19.1 Å². The average molecular weight is 481 g/mol. The van der Waals surface area contributed by atoms with Crippen molar-refractivity contribution in [1.82, 2.24) is 0 Å². The lowest BCUT2D eigenvalue weighted by molar-refractivity contribution is -0.0724. The van der Waals surface area contributed by atoms with E-state index in [1.54, 1.807) is 6.08 Å². The summed E-state index contributed by atoms with van der Waals surface area (Å²) in [4.78, 5) is 0. The topological polar surface area (TPSA) is 44.8 Å². The Morgan fingerprint density at radius 3 is 2.24 bits per heavy atom. The molecule has 1 aromatic rings. The van der Waals surface area contributed by atoms with Crippen molar-refractivity contribution in [1.29, 1.82) is 0 Å². The van der Waals surface area contributed by atoms with Crippen LogP contribution in [0.25, 0.3) is 6.08 Å². The molecule has 0 N–H and O–H groups in total. The molecule has 4 aliphatic carbocycles. The molecule has 4 fully saturated rings. The minimum Gasteiger partial charge on any atom is -0.485 e. The number of hydrogen-bond acceptors (Lipinski definition) is 4. The third-order valence-electron chi connectivity index (χ3n) is 7.98. The van der Waals surface area contributed by atoms with Gasteiger partial charge in [0.25, 0.3) is 0 Å². The van der Waals surface area contributed by atoms with E-state index in [1.165, 1.54) is 43.5 Å². The molecule has 1 atom stereocenters. The van der Waals surface area contributed by atoms with Gasteiger partial charge in [0.2, 0.25) is 0 Å². The molecule has 0 aromatic heterocycles. The fourth-order valence-corrected chi connectivity index (χ4v) is 8.29. The molecule has 5 heteroatoms. The minimum absolute atomic E-state index is 0.126. The number of ether oxygens (including phenoxy) is 1. The molecular formula is C29H37O4P. The van der Waals surface area contributed by atoms with Crippen LogP contribution < -0.4 is 4.74 Å². The van der Waals surface area contributed by atoms with E-state index in [2.05, 4.69) is 42.5 Å². The summed E-state index contributed by atoms with van der Waals surface area (Å²) in [6.07, 6.45) is 19.3. The number of allylic oxidation sites excluding steroid dienone is 4. The van der Waals surface area contributed by atoms with Crippen molar-refractivity contribution in [3.05, 3.63) is 71.6 Å². The molecule has 34 heavy (non-hydrogen) atoms. The summed E-state index contributed by atoms with van der Waals surface area (Å²) in [5.74, 6) is 6.67. The van der Waals surface area contributed by atoms with Crippen LogP contribution in [0.15, 0.2) is 66.0 Å². The maximum Gasteiger partial charge on any atom is 0.354 e. The first-order valence-corrected chi connectivity index (χ1v) is 14.6. The zero-order valence-corrected chi connectivity index (χ0v) is 21.2. The molecule has 0 radical (unpaired) electrons. The van der Waals surface area contributed by atoms with Crippen LogP contribution in [0.3, 0.4) is 0 Å². The van der Waals surface area contributed by atoms with Crippen LogP contribution >= 0.6 is 7.60 Å². The van der Waals surface area contributed by atoms with E-state index in [0.717, 1.165) is 35.0 Å². The number of benzene rings is 1.